The van der Waals surface area contributed by atoms with Crippen LogP contribution in [0.5, 0.6) is 0 Å². The summed E-state index contributed by atoms with van der Waals surface area (Å²) in [5.41, 5.74) is -0.421. The van der Waals surface area contributed by atoms with Crippen molar-refractivity contribution in [1.29, 1.82) is 0 Å². The average molecular weight is 457 g/mol. The molecule has 2 aromatic heterocycles. The quantitative estimate of drug-likeness (QED) is 0.386. The van der Waals surface area contributed by atoms with Crippen molar-refractivity contribution in [3.05, 3.63) is 59.2 Å². The third kappa shape index (κ3) is 5.19. The highest BCUT2D eigenvalue weighted by Gasteiger charge is 2.35. The van der Waals surface area contributed by atoms with Crippen molar-refractivity contribution in [2.24, 2.45) is 5.14 Å². The number of hydrogen-bond acceptors (Lipinski definition) is 5. The second-order valence-corrected chi connectivity index (χ2v) is 8.52. The number of rotatable bonds is 4. The number of halogens is 4. The molecule has 1 unspecified atom stereocenters. The summed E-state index contributed by atoms with van der Waals surface area (Å²) in [4.78, 5) is 10.9. The molecule has 1 aliphatic rings. The van der Waals surface area contributed by atoms with Gasteiger partial charge in [0.1, 0.15) is 42.1 Å². The van der Waals surface area contributed by atoms with E-state index in [4.69, 9.17) is 5.14 Å². The zero-order valence-electron chi connectivity index (χ0n) is 16.9. The summed E-state index contributed by atoms with van der Waals surface area (Å²) in [7, 11) is 0. The number of nitrogens with two attached hydrogens (primary N) is 1. The summed E-state index contributed by atoms with van der Waals surface area (Å²) in [6, 6.07) is 3.48. The highest BCUT2D eigenvalue weighted by Crippen LogP contribution is 2.35. The number of aromatic amines is 1. The first-order chi connectivity index (χ1) is 14.8. The Balaban J connectivity index is 0.000000210. The van der Waals surface area contributed by atoms with Gasteiger partial charge in [-0.1, -0.05) is 18.0 Å². The van der Waals surface area contributed by atoms with E-state index in [9.17, 15) is 22.7 Å². The van der Waals surface area contributed by atoms with E-state index in [0.29, 0.717) is 53.2 Å². The van der Waals surface area contributed by atoms with Gasteiger partial charge in [0.2, 0.25) is 0 Å². The minimum atomic E-state index is -1.54. The molecule has 4 rings (SSSR count). The highest BCUT2D eigenvalue weighted by atomic mass is 32.2. The molecule has 4 N–H and O–H groups in total. The molecule has 0 saturated heterocycles. The molecule has 3 aromatic rings. The summed E-state index contributed by atoms with van der Waals surface area (Å²) in [6.07, 6.45) is 3.53. The lowest BCUT2D eigenvalue weighted by atomic mass is 9.87. The van der Waals surface area contributed by atoms with Gasteiger partial charge in [0.15, 0.2) is 0 Å². The van der Waals surface area contributed by atoms with E-state index >= 15 is 0 Å². The monoisotopic (exact) mass is 456 g/mol. The first kappa shape index (κ1) is 23.5. The molecular weight excluding hydrogens is 432 g/mol. The Kier molecular flexibility index (Phi) is 7.55. The molecule has 1 aromatic carbocycles. The van der Waals surface area contributed by atoms with Crippen LogP contribution in [0.25, 0.3) is 11.0 Å². The molecule has 0 aliphatic heterocycles. The van der Waals surface area contributed by atoms with Gasteiger partial charge < -0.3 is 10.1 Å². The van der Waals surface area contributed by atoms with Crippen molar-refractivity contribution >= 4 is 23.0 Å². The molecule has 5 nitrogen and oxygen atoms in total. The SMILES string of the molecule is Cc1ncnc2[nH]cc(C(O)c3c(F)cccc3F)c12.NSC1CCC(F)(CF)CC1. The van der Waals surface area contributed by atoms with Gasteiger partial charge in [-0.15, -0.1) is 0 Å². The highest BCUT2D eigenvalue weighted by molar-refractivity contribution is 7.97. The van der Waals surface area contributed by atoms with Crippen molar-refractivity contribution < 1.29 is 22.7 Å². The topological polar surface area (TPSA) is 87.8 Å². The molecule has 31 heavy (non-hydrogen) atoms. The van der Waals surface area contributed by atoms with E-state index in [1.165, 1.54) is 30.5 Å². The average Bonchev–Trinajstić information content (AvgIpc) is 3.20. The Morgan fingerprint density at radius 2 is 1.90 bits per heavy atom. The molecule has 1 fully saturated rings. The fourth-order valence-corrected chi connectivity index (χ4v) is 4.18. The van der Waals surface area contributed by atoms with Crippen LogP contribution < -0.4 is 5.14 Å². The zero-order chi connectivity index (χ0) is 22.6. The van der Waals surface area contributed by atoms with Gasteiger partial charge in [-0.2, -0.15) is 0 Å². The van der Waals surface area contributed by atoms with Crippen LogP contribution in [0.1, 0.15) is 48.6 Å². The van der Waals surface area contributed by atoms with Crippen molar-refractivity contribution in [2.75, 3.05) is 6.67 Å². The minimum absolute atomic E-state index is 0.332. The molecule has 10 heteroatoms. The fourth-order valence-electron chi connectivity index (χ4n) is 3.67. The number of nitrogens with one attached hydrogen (secondary N) is 1. The smallest absolute Gasteiger partial charge is 0.141 e. The van der Waals surface area contributed by atoms with E-state index in [1.807, 2.05) is 0 Å². The largest absolute Gasteiger partial charge is 0.383 e. The van der Waals surface area contributed by atoms with Gasteiger partial charge in [-0.3, -0.25) is 5.14 Å². The Bertz CT molecular complexity index is 1000. The lowest BCUT2D eigenvalue weighted by Gasteiger charge is -2.30. The van der Waals surface area contributed by atoms with Gasteiger partial charge in [0, 0.05) is 22.4 Å². The van der Waals surface area contributed by atoms with Crippen LogP contribution in [0.2, 0.25) is 0 Å². The molecule has 0 spiro atoms. The van der Waals surface area contributed by atoms with Gasteiger partial charge >= 0.3 is 0 Å². The summed E-state index contributed by atoms with van der Waals surface area (Å²) in [5, 5.41) is 16.6. The number of hydrogen-bond donors (Lipinski definition) is 3. The molecule has 0 radical (unpaired) electrons. The minimum Gasteiger partial charge on any atom is -0.383 e. The summed E-state index contributed by atoms with van der Waals surface area (Å²) >= 11 is 1.27. The number of nitrogens with zero attached hydrogens (tertiary/aromatic N) is 2. The van der Waals surface area contributed by atoms with Gasteiger partial charge in [-0.25, -0.2) is 27.5 Å². The number of aliphatic hydroxyl groups excluding tert-OH is 1. The predicted molar refractivity (Wildman–Crippen MR) is 113 cm³/mol. The predicted octanol–water partition coefficient (Wildman–Crippen LogP) is 4.84. The number of H-pyrrole nitrogens is 1. The van der Waals surface area contributed by atoms with E-state index < -0.39 is 30.1 Å². The van der Waals surface area contributed by atoms with Crippen molar-refractivity contribution in [2.45, 2.75) is 49.6 Å². The standard InChI is InChI=1S/C14H11F2N3O.C7H13F2NS/c1-7-11-8(5-17-14(11)19-6-18-7)13(20)12-9(15)3-2-4-10(12)16;8-5-7(9)3-1-6(11-10)2-4-7/h2-6,13,20H,1H3,(H,17,18,19);6H,1-5,10H2. The summed E-state index contributed by atoms with van der Waals surface area (Å²) in [6.45, 7) is 0.904. The van der Waals surface area contributed by atoms with E-state index in [-0.39, 0.29) is 5.56 Å². The van der Waals surface area contributed by atoms with Crippen LogP contribution in [0, 0.1) is 18.6 Å². The van der Waals surface area contributed by atoms with E-state index in [1.54, 1.807) is 6.92 Å². The third-order valence-corrected chi connectivity index (χ3v) is 6.37. The number of fused-ring (bicyclic) bond motifs is 1. The molecule has 0 amide bonds. The summed E-state index contributed by atoms with van der Waals surface area (Å²) < 4.78 is 52.8. The van der Waals surface area contributed by atoms with Crippen molar-refractivity contribution in [3.8, 4) is 0 Å². The number of aryl methyl sites for hydroxylation is 1. The Morgan fingerprint density at radius 1 is 1.26 bits per heavy atom. The maximum atomic E-state index is 13.8. The van der Waals surface area contributed by atoms with Gasteiger partial charge in [0.05, 0.1) is 11.3 Å². The van der Waals surface area contributed by atoms with Crippen LogP contribution in [-0.4, -0.2) is 37.7 Å². The first-order valence-corrected chi connectivity index (χ1v) is 10.7. The third-order valence-electron chi connectivity index (χ3n) is 5.52. The number of alkyl halides is 2. The number of aromatic nitrogens is 3. The number of benzene rings is 1. The molecule has 1 atom stereocenters. The normalized spacial score (nSPS) is 22.1. The zero-order valence-corrected chi connectivity index (χ0v) is 17.7. The lowest BCUT2D eigenvalue weighted by molar-refractivity contribution is 0.0766. The summed E-state index contributed by atoms with van der Waals surface area (Å²) in [5.74, 6) is -1.58. The molecule has 2 heterocycles. The molecule has 0 bridgehead atoms. The van der Waals surface area contributed by atoms with Crippen LogP contribution in [0.15, 0.2) is 30.7 Å². The van der Waals surface area contributed by atoms with Crippen LogP contribution in [0.4, 0.5) is 17.6 Å². The van der Waals surface area contributed by atoms with Crippen molar-refractivity contribution in [3.63, 3.8) is 0 Å². The molecular formula is C21H24F4N4OS. The Morgan fingerprint density at radius 3 is 2.48 bits per heavy atom. The second kappa shape index (κ2) is 9.97. The van der Waals surface area contributed by atoms with E-state index in [0.717, 1.165) is 12.1 Å². The molecule has 1 saturated carbocycles. The lowest BCUT2D eigenvalue weighted by Crippen LogP contribution is -2.32. The maximum Gasteiger partial charge on any atom is 0.141 e. The van der Waals surface area contributed by atoms with Gasteiger partial charge in [0.25, 0.3) is 0 Å². The van der Waals surface area contributed by atoms with Crippen LogP contribution >= 0.6 is 11.9 Å². The van der Waals surface area contributed by atoms with Crippen LogP contribution in [-0.2, 0) is 0 Å². The second-order valence-electron chi connectivity index (χ2n) is 7.58. The van der Waals surface area contributed by atoms with E-state index in [2.05, 4.69) is 15.0 Å². The number of aliphatic hydroxyl groups is 1. The van der Waals surface area contributed by atoms with Gasteiger partial charge in [-0.05, 0) is 44.7 Å². The van der Waals surface area contributed by atoms with Crippen LogP contribution in [0.3, 0.4) is 0 Å². The maximum absolute atomic E-state index is 13.8. The fraction of sp³-hybridized carbons (Fsp3) is 0.429. The Labute approximate surface area is 181 Å². The van der Waals surface area contributed by atoms with Crippen molar-refractivity contribution in [1.82, 2.24) is 15.0 Å². The first-order valence-electron chi connectivity index (χ1n) is 9.80. The Hall–Kier alpha value is -2.17. The molecule has 1 aliphatic carbocycles. The molecule has 168 valence electrons.